The molecule has 1 atom stereocenters. The van der Waals surface area contributed by atoms with Gasteiger partial charge in [0, 0.05) is 43.2 Å². The summed E-state index contributed by atoms with van der Waals surface area (Å²) in [7, 11) is 2.10. The summed E-state index contributed by atoms with van der Waals surface area (Å²) in [5.74, 6) is 0.811. The molecule has 29 heavy (non-hydrogen) atoms. The zero-order chi connectivity index (χ0) is 20.6. The Labute approximate surface area is 174 Å². The topological polar surface area (TPSA) is 58.5 Å². The van der Waals surface area contributed by atoms with Gasteiger partial charge in [-0.2, -0.15) is 10.2 Å². The van der Waals surface area contributed by atoms with Crippen molar-refractivity contribution in [1.82, 2.24) is 15.1 Å². The number of benzene rings is 1. The molecule has 1 aromatic carbocycles. The van der Waals surface area contributed by atoms with Gasteiger partial charge in [0.05, 0.1) is 11.9 Å². The molecular weight excluding hydrogens is 362 g/mol. The lowest BCUT2D eigenvalue weighted by Gasteiger charge is -2.55. The Morgan fingerprint density at radius 1 is 1.14 bits per heavy atom. The molecule has 0 aliphatic carbocycles. The van der Waals surface area contributed by atoms with Crippen molar-refractivity contribution in [1.29, 1.82) is 0 Å². The van der Waals surface area contributed by atoms with Gasteiger partial charge in [-0.1, -0.05) is 45.0 Å². The second kappa shape index (κ2) is 7.78. The van der Waals surface area contributed by atoms with Gasteiger partial charge in [0.25, 0.3) is 0 Å². The molecule has 1 N–H and O–H groups in total. The molecule has 2 aliphatic heterocycles. The van der Waals surface area contributed by atoms with Gasteiger partial charge >= 0.3 is 0 Å². The molecular formula is C24H33N3O2. The summed E-state index contributed by atoms with van der Waals surface area (Å²) in [5.41, 5.74) is 2.65. The number of ether oxygens (including phenoxy) is 1. The smallest absolute Gasteiger partial charge is 0.124 e. The maximum absolute atomic E-state index is 12.3. The van der Waals surface area contributed by atoms with Gasteiger partial charge in [0.2, 0.25) is 0 Å². The number of rotatable bonds is 5. The van der Waals surface area contributed by atoms with E-state index in [4.69, 9.17) is 4.74 Å². The summed E-state index contributed by atoms with van der Waals surface area (Å²) >= 11 is 0. The minimum Gasteiger partial charge on any atom is -0.381 e. The van der Waals surface area contributed by atoms with Gasteiger partial charge in [-0.25, -0.2) is 0 Å². The lowest BCUT2D eigenvalue weighted by atomic mass is 9.62. The summed E-state index contributed by atoms with van der Waals surface area (Å²) < 4.78 is 5.51. The summed E-state index contributed by atoms with van der Waals surface area (Å²) in [6, 6.07) is 10.6. The number of nitrogens with zero attached hydrogens (tertiary/aromatic N) is 3. The van der Waals surface area contributed by atoms with E-state index in [0.29, 0.717) is 11.8 Å². The Morgan fingerprint density at radius 3 is 2.38 bits per heavy atom. The molecule has 0 amide bonds. The number of hydrogen-bond donors (Lipinski definition) is 1. The summed E-state index contributed by atoms with van der Waals surface area (Å²) in [6.07, 6.45) is 3.67. The van der Waals surface area contributed by atoms with Gasteiger partial charge in [0.15, 0.2) is 0 Å². The maximum Gasteiger partial charge on any atom is 0.124 e. The minimum atomic E-state index is -1.11. The predicted octanol–water partition coefficient (Wildman–Crippen LogP) is 3.68. The van der Waals surface area contributed by atoms with Crippen molar-refractivity contribution in [3.05, 3.63) is 58.9 Å². The van der Waals surface area contributed by atoms with Crippen LogP contribution in [0.25, 0.3) is 0 Å². The second-order valence-electron chi connectivity index (χ2n) is 9.48. The lowest BCUT2D eigenvalue weighted by molar-refractivity contribution is -0.127. The van der Waals surface area contributed by atoms with Crippen molar-refractivity contribution in [2.75, 3.05) is 33.4 Å². The standard InChI is InChI=1S/C24H33N3O2/c1-17(2)18-5-7-20(8-6-18)24(28,23(3)15-27(4)16-23)21-13-22(26-25-14-21)19-9-11-29-12-10-19/h5-8,13-14,17,19,28H,9-12,15-16H2,1-4H3/t24-/m0/s1. The first-order chi connectivity index (χ1) is 13.8. The Morgan fingerprint density at radius 2 is 1.79 bits per heavy atom. The molecule has 0 radical (unpaired) electrons. The SMILES string of the molecule is CC(C)c1ccc([C@](O)(c2cnnc(C3CCOCC3)c2)C2(C)CN(C)C2)cc1. The van der Waals surface area contributed by atoms with Crippen LogP contribution in [0.4, 0.5) is 0 Å². The van der Waals surface area contributed by atoms with E-state index in [1.54, 1.807) is 6.20 Å². The van der Waals surface area contributed by atoms with E-state index in [-0.39, 0.29) is 5.41 Å². The van der Waals surface area contributed by atoms with Gasteiger partial charge in [0.1, 0.15) is 5.60 Å². The van der Waals surface area contributed by atoms with Crippen LogP contribution in [0.15, 0.2) is 36.5 Å². The number of aliphatic hydroxyl groups is 1. The highest BCUT2D eigenvalue weighted by molar-refractivity contribution is 5.41. The first-order valence-electron chi connectivity index (χ1n) is 10.8. The molecule has 0 spiro atoms. The molecule has 5 nitrogen and oxygen atoms in total. The van der Waals surface area contributed by atoms with Crippen LogP contribution >= 0.6 is 0 Å². The van der Waals surface area contributed by atoms with E-state index in [0.717, 1.165) is 56.0 Å². The Hall–Kier alpha value is -1.82. The Balaban J connectivity index is 1.77. The highest BCUT2D eigenvalue weighted by Gasteiger charge is 2.55. The van der Waals surface area contributed by atoms with Crippen molar-refractivity contribution >= 4 is 0 Å². The minimum absolute atomic E-state index is 0.281. The molecule has 4 rings (SSSR count). The quantitative estimate of drug-likeness (QED) is 0.837. The Kier molecular flexibility index (Phi) is 5.49. The molecule has 5 heteroatoms. The first kappa shape index (κ1) is 20.5. The fourth-order valence-electron chi connectivity index (χ4n) is 5.12. The summed E-state index contributed by atoms with van der Waals surface area (Å²) in [6.45, 7) is 9.76. The first-order valence-corrected chi connectivity index (χ1v) is 10.8. The molecule has 156 valence electrons. The fraction of sp³-hybridized carbons (Fsp3) is 0.583. The average molecular weight is 396 g/mol. The molecule has 2 aromatic rings. The van der Waals surface area contributed by atoms with Crippen LogP contribution in [0.1, 0.15) is 67.8 Å². The molecule has 2 fully saturated rings. The lowest BCUT2D eigenvalue weighted by Crippen LogP contribution is -2.63. The number of likely N-dealkylation sites (tertiary alicyclic amines) is 1. The van der Waals surface area contributed by atoms with Crippen molar-refractivity contribution < 1.29 is 9.84 Å². The summed E-state index contributed by atoms with van der Waals surface area (Å²) in [4.78, 5) is 2.25. The van der Waals surface area contributed by atoms with Crippen molar-refractivity contribution in [2.24, 2.45) is 5.41 Å². The molecule has 0 saturated carbocycles. The van der Waals surface area contributed by atoms with Crippen LogP contribution in [-0.2, 0) is 10.3 Å². The summed E-state index contributed by atoms with van der Waals surface area (Å²) in [5, 5.41) is 21.0. The van der Waals surface area contributed by atoms with Gasteiger partial charge < -0.3 is 14.7 Å². The third-order valence-corrected chi connectivity index (χ3v) is 6.84. The van der Waals surface area contributed by atoms with E-state index in [9.17, 15) is 5.11 Å². The average Bonchev–Trinajstić information content (AvgIpc) is 2.73. The Bertz CT molecular complexity index is 839. The van der Waals surface area contributed by atoms with E-state index in [1.165, 1.54) is 5.56 Å². The molecule has 2 aliphatic rings. The van der Waals surface area contributed by atoms with Crippen LogP contribution in [0.2, 0.25) is 0 Å². The van der Waals surface area contributed by atoms with Crippen molar-refractivity contribution in [3.63, 3.8) is 0 Å². The zero-order valence-corrected chi connectivity index (χ0v) is 18.1. The molecule has 2 saturated heterocycles. The van der Waals surface area contributed by atoms with Crippen LogP contribution in [-0.4, -0.2) is 53.6 Å². The second-order valence-corrected chi connectivity index (χ2v) is 9.48. The number of hydrogen-bond acceptors (Lipinski definition) is 5. The van der Waals surface area contributed by atoms with Crippen molar-refractivity contribution in [2.45, 2.75) is 51.0 Å². The van der Waals surface area contributed by atoms with Crippen LogP contribution < -0.4 is 0 Å². The fourth-order valence-corrected chi connectivity index (χ4v) is 5.12. The molecule has 0 bridgehead atoms. The van der Waals surface area contributed by atoms with Crippen LogP contribution in [0.3, 0.4) is 0 Å². The molecule has 0 unspecified atom stereocenters. The third kappa shape index (κ3) is 3.60. The van der Waals surface area contributed by atoms with E-state index in [2.05, 4.69) is 73.2 Å². The van der Waals surface area contributed by atoms with Crippen LogP contribution in [0.5, 0.6) is 0 Å². The molecule has 3 heterocycles. The number of aromatic nitrogens is 2. The normalized spacial score (nSPS) is 22.3. The van der Waals surface area contributed by atoms with Gasteiger partial charge in [-0.15, -0.1) is 0 Å². The van der Waals surface area contributed by atoms with E-state index < -0.39 is 5.60 Å². The monoisotopic (exact) mass is 395 g/mol. The van der Waals surface area contributed by atoms with E-state index >= 15 is 0 Å². The van der Waals surface area contributed by atoms with Gasteiger partial charge in [-0.05, 0) is 43.0 Å². The van der Waals surface area contributed by atoms with Crippen molar-refractivity contribution in [3.8, 4) is 0 Å². The van der Waals surface area contributed by atoms with Crippen LogP contribution in [0, 0.1) is 5.41 Å². The van der Waals surface area contributed by atoms with E-state index in [1.807, 2.05) is 0 Å². The third-order valence-electron chi connectivity index (χ3n) is 6.84. The highest BCUT2D eigenvalue weighted by Crippen LogP contribution is 2.50. The largest absolute Gasteiger partial charge is 0.381 e. The highest BCUT2D eigenvalue weighted by atomic mass is 16.5. The molecule has 1 aromatic heterocycles. The predicted molar refractivity (Wildman–Crippen MR) is 114 cm³/mol. The zero-order valence-electron chi connectivity index (χ0n) is 18.1. The van der Waals surface area contributed by atoms with Gasteiger partial charge in [-0.3, -0.25) is 0 Å². The maximum atomic E-state index is 12.3.